The van der Waals surface area contributed by atoms with Crippen LogP contribution in [0.4, 0.5) is 0 Å². The van der Waals surface area contributed by atoms with Crippen LogP contribution in [0, 0.1) is 11.8 Å². The lowest BCUT2D eigenvalue weighted by Crippen LogP contribution is -2.35. The summed E-state index contributed by atoms with van der Waals surface area (Å²) in [7, 11) is 2.12. The van der Waals surface area contributed by atoms with Crippen molar-refractivity contribution in [1.29, 1.82) is 0 Å². The lowest BCUT2D eigenvalue weighted by Gasteiger charge is -2.33. The highest BCUT2D eigenvalue weighted by molar-refractivity contribution is 4.88. The summed E-state index contributed by atoms with van der Waals surface area (Å²) in [6.45, 7) is 5.36. The van der Waals surface area contributed by atoms with Crippen molar-refractivity contribution in [2.24, 2.45) is 11.8 Å². The molecule has 5 heteroatoms. The highest BCUT2D eigenvalue weighted by Crippen LogP contribution is 2.27. The van der Waals surface area contributed by atoms with E-state index in [9.17, 15) is 5.11 Å². The Labute approximate surface area is 121 Å². The van der Waals surface area contributed by atoms with Crippen LogP contribution in [-0.4, -0.2) is 39.8 Å². The van der Waals surface area contributed by atoms with Crippen molar-refractivity contribution in [2.75, 3.05) is 13.7 Å². The molecule has 0 saturated heterocycles. The second-order valence-corrected chi connectivity index (χ2v) is 6.47. The third-order valence-corrected chi connectivity index (χ3v) is 4.18. The van der Waals surface area contributed by atoms with Crippen LogP contribution in [-0.2, 0) is 13.0 Å². The van der Waals surface area contributed by atoms with Crippen molar-refractivity contribution >= 4 is 0 Å². The van der Waals surface area contributed by atoms with Crippen LogP contribution in [0.2, 0.25) is 0 Å². The Hall–Kier alpha value is -0.940. The molecule has 0 aromatic carbocycles. The molecule has 0 bridgehead atoms. The van der Waals surface area contributed by atoms with Gasteiger partial charge in [-0.3, -0.25) is 4.90 Å². The summed E-state index contributed by atoms with van der Waals surface area (Å²) >= 11 is 0. The fourth-order valence-electron chi connectivity index (χ4n) is 2.91. The van der Waals surface area contributed by atoms with E-state index in [1.807, 2.05) is 0 Å². The summed E-state index contributed by atoms with van der Waals surface area (Å²) in [5.74, 6) is 2.58. The summed E-state index contributed by atoms with van der Waals surface area (Å²) in [4.78, 5) is 6.76. The molecule has 1 fully saturated rings. The van der Waals surface area contributed by atoms with Crippen molar-refractivity contribution in [3.8, 4) is 0 Å². The lowest BCUT2D eigenvalue weighted by molar-refractivity contribution is 0.116. The third kappa shape index (κ3) is 4.28. The van der Waals surface area contributed by atoms with Gasteiger partial charge in [-0.25, -0.2) is 0 Å². The van der Waals surface area contributed by atoms with Crippen molar-refractivity contribution in [3.05, 3.63) is 11.7 Å². The average molecular weight is 281 g/mol. The van der Waals surface area contributed by atoms with E-state index in [2.05, 4.69) is 35.9 Å². The summed E-state index contributed by atoms with van der Waals surface area (Å²) in [5.41, 5.74) is 0. The molecule has 1 saturated carbocycles. The summed E-state index contributed by atoms with van der Waals surface area (Å²) < 4.78 is 5.33. The Bertz CT molecular complexity index is 398. The summed E-state index contributed by atoms with van der Waals surface area (Å²) in [5, 5.41) is 13.2. The Balaban J connectivity index is 1.82. The maximum Gasteiger partial charge on any atom is 0.240 e. The normalized spacial score (nSPS) is 23.7. The Morgan fingerprint density at radius 1 is 1.30 bits per heavy atom. The standard InChI is InChI=1S/C15H27N3O2/c1-11(2)8-14-16-15(20-17-14)9-18(3)13-6-4-12(10-19)5-7-13/h11-13,19H,4-10H2,1-3H3. The number of aliphatic hydroxyl groups excluding tert-OH is 1. The number of hydrogen-bond donors (Lipinski definition) is 1. The molecule has 0 unspecified atom stereocenters. The molecule has 0 spiro atoms. The number of aliphatic hydroxyl groups is 1. The van der Waals surface area contributed by atoms with Gasteiger partial charge in [0.1, 0.15) is 0 Å². The molecule has 1 aliphatic rings. The van der Waals surface area contributed by atoms with E-state index in [4.69, 9.17) is 4.52 Å². The first-order valence-corrected chi connectivity index (χ1v) is 7.71. The minimum Gasteiger partial charge on any atom is -0.396 e. The van der Waals surface area contributed by atoms with Gasteiger partial charge in [0.15, 0.2) is 5.82 Å². The van der Waals surface area contributed by atoms with Crippen LogP contribution < -0.4 is 0 Å². The predicted molar refractivity (Wildman–Crippen MR) is 77.1 cm³/mol. The molecule has 1 heterocycles. The van der Waals surface area contributed by atoms with Crippen LogP contribution in [0.3, 0.4) is 0 Å². The largest absolute Gasteiger partial charge is 0.396 e. The van der Waals surface area contributed by atoms with Crippen LogP contribution in [0.15, 0.2) is 4.52 Å². The van der Waals surface area contributed by atoms with Gasteiger partial charge in [0, 0.05) is 19.1 Å². The second kappa shape index (κ2) is 7.18. The monoisotopic (exact) mass is 281 g/mol. The van der Waals surface area contributed by atoms with E-state index in [1.165, 1.54) is 0 Å². The number of aromatic nitrogens is 2. The van der Waals surface area contributed by atoms with E-state index in [1.54, 1.807) is 0 Å². The zero-order valence-electron chi connectivity index (χ0n) is 12.9. The van der Waals surface area contributed by atoms with Gasteiger partial charge in [-0.15, -0.1) is 0 Å². The molecular formula is C15H27N3O2. The van der Waals surface area contributed by atoms with E-state index >= 15 is 0 Å². The molecule has 0 radical (unpaired) electrons. The van der Waals surface area contributed by atoms with Crippen LogP contribution >= 0.6 is 0 Å². The minimum atomic E-state index is 0.332. The summed E-state index contributed by atoms with van der Waals surface area (Å²) in [6.07, 6.45) is 5.40. The summed E-state index contributed by atoms with van der Waals surface area (Å²) in [6, 6.07) is 0.568. The molecule has 114 valence electrons. The first kappa shape index (κ1) is 15.4. The second-order valence-electron chi connectivity index (χ2n) is 6.47. The maximum absolute atomic E-state index is 9.18. The topological polar surface area (TPSA) is 62.4 Å². The molecule has 0 amide bonds. The Morgan fingerprint density at radius 3 is 2.60 bits per heavy atom. The Morgan fingerprint density at radius 2 is 2.00 bits per heavy atom. The number of rotatable bonds is 6. The predicted octanol–water partition coefficient (Wildman–Crippen LogP) is 2.25. The van der Waals surface area contributed by atoms with Crippen LogP contribution in [0.1, 0.15) is 51.2 Å². The molecule has 2 rings (SSSR count). The zero-order chi connectivity index (χ0) is 14.5. The van der Waals surface area contributed by atoms with Gasteiger partial charge in [-0.2, -0.15) is 4.98 Å². The van der Waals surface area contributed by atoms with Crippen LogP contribution in [0.5, 0.6) is 0 Å². The van der Waals surface area contributed by atoms with E-state index in [0.29, 0.717) is 30.4 Å². The first-order chi connectivity index (χ1) is 9.58. The van der Waals surface area contributed by atoms with Crippen molar-refractivity contribution < 1.29 is 9.63 Å². The van der Waals surface area contributed by atoms with E-state index in [-0.39, 0.29) is 0 Å². The fraction of sp³-hybridized carbons (Fsp3) is 0.867. The Kier molecular flexibility index (Phi) is 5.54. The highest BCUT2D eigenvalue weighted by Gasteiger charge is 2.24. The molecule has 0 aliphatic heterocycles. The highest BCUT2D eigenvalue weighted by atomic mass is 16.5. The third-order valence-electron chi connectivity index (χ3n) is 4.18. The van der Waals surface area contributed by atoms with Gasteiger partial charge in [0.2, 0.25) is 5.89 Å². The van der Waals surface area contributed by atoms with Gasteiger partial charge in [0.05, 0.1) is 6.54 Å². The van der Waals surface area contributed by atoms with Crippen molar-refractivity contribution in [1.82, 2.24) is 15.0 Å². The molecule has 1 N–H and O–H groups in total. The fourth-order valence-corrected chi connectivity index (χ4v) is 2.91. The lowest BCUT2D eigenvalue weighted by atomic mass is 9.86. The first-order valence-electron chi connectivity index (χ1n) is 7.71. The molecule has 1 aromatic rings. The van der Waals surface area contributed by atoms with Crippen molar-refractivity contribution in [3.63, 3.8) is 0 Å². The molecule has 1 aromatic heterocycles. The number of hydrogen-bond acceptors (Lipinski definition) is 5. The minimum absolute atomic E-state index is 0.332. The van der Waals surface area contributed by atoms with E-state index in [0.717, 1.165) is 44.5 Å². The SMILES string of the molecule is CC(C)Cc1noc(CN(C)C2CCC(CO)CC2)n1. The van der Waals surface area contributed by atoms with Crippen LogP contribution in [0.25, 0.3) is 0 Å². The zero-order valence-corrected chi connectivity index (χ0v) is 12.9. The van der Waals surface area contributed by atoms with Gasteiger partial charge in [-0.1, -0.05) is 19.0 Å². The molecule has 5 nitrogen and oxygen atoms in total. The smallest absolute Gasteiger partial charge is 0.240 e. The van der Waals surface area contributed by atoms with Gasteiger partial charge in [-0.05, 0) is 44.6 Å². The molecule has 1 aliphatic carbocycles. The molecule has 0 atom stereocenters. The van der Waals surface area contributed by atoms with Gasteiger partial charge >= 0.3 is 0 Å². The van der Waals surface area contributed by atoms with Gasteiger partial charge < -0.3 is 9.63 Å². The molecule has 20 heavy (non-hydrogen) atoms. The average Bonchev–Trinajstić information content (AvgIpc) is 2.85. The quantitative estimate of drug-likeness (QED) is 0.866. The van der Waals surface area contributed by atoms with E-state index < -0.39 is 0 Å². The maximum atomic E-state index is 9.18. The van der Waals surface area contributed by atoms with Gasteiger partial charge in [0.25, 0.3) is 0 Å². The van der Waals surface area contributed by atoms with Crippen molar-refractivity contribution in [2.45, 2.75) is 58.5 Å². The molecular weight excluding hydrogens is 254 g/mol. The number of nitrogens with zero attached hydrogens (tertiary/aromatic N) is 3.